The number of aromatic nitrogens is 4. The zero-order chi connectivity index (χ0) is 26.8. The Labute approximate surface area is 221 Å². The molecule has 0 radical (unpaired) electrons. The first kappa shape index (κ1) is 27.6. The summed E-state index contributed by atoms with van der Waals surface area (Å²) in [6.45, 7) is 21.3. The molecule has 10 nitrogen and oxygen atoms in total. The normalized spacial score (nSPS) is 18.4. The minimum absolute atomic E-state index is 0.0970. The molecule has 0 bridgehead atoms. The van der Waals surface area contributed by atoms with Crippen molar-refractivity contribution in [3.05, 3.63) is 18.0 Å². The monoisotopic (exact) mass is 514 g/mol. The first-order chi connectivity index (χ1) is 17.7. The molecule has 0 spiro atoms. The third kappa shape index (κ3) is 5.56. The number of nitrogens with zero attached hydrogens (tertiary/aromatic N) is 8. The molecule has 4 rings (SSSR count). The van der Waals surface area contributed by atoms with Gasteiger partial charge in [0.15, 0.2) is 0 Å². The van der Waals surface area contributed by atoms with Crippen LogP contribution in [-0.4, -0.2) is 103 Å². The first-order valence-electron chi connectivity index (χ1n) is 14.0. The number of rotatable bonds is 11. The van der Waals surface area contributed by atoms with Gasteiger partial charge in [0.1, 0.15) is 5.82 Å². The molecule has 2 N–H and O–H groups in total. The molecule has 2 aliphatic heterocycles. The van der Waals surface area contributed by atoms with Crippen molar-refractivity contribution in [2.75, 3.05) is 57.5 Å². The van der Waals surface area contributed by atoms with Crippen LogP contribution in [0.3, 0.4) is 0 Å². The van der Waals surface area contributed by atoms with Crippen LogP contribution in [0.5, 0.6) is 11.8 Å². The van der Waals surface area contributed by atoms with Crippen molar-refractivity contribution in [2.45, 2.75) is 78.2 Å². The third-order valence-corrected chi connectivity index (χ3v) is 9.17. The molecule has 37 heavy (non-hydrogen) atoms. The zero-order valence-electron chi connectivity index (χ0n) is 23.6. The Hall–Kier alpha value is -2.43. The van der Waals surface area contributed by atoms with Gasteiger partial charge in [0, 0.05) is 62.4 Å². The van der Waals surface area contributed by atoms with E-state index < -0.39 is 0 Å². The van der Waals surface area contributed by atoms with E-state index in [2.05, 4.69) is 61.1 Å². The van der Waals surface area contributed by atoms with Gasteiger partial charge in [-0.2, -0.15) is 15.0 Å². The lowest BCUT2D eigenvalue weighted by Crippen LogP contribution is -2.45. The Bertz CT molecular complexity index is 1030. The van der Waals surface area contributed by atoms with E-state index in [4.69, 9.17) is 15.0 Å². The summed E-state index contributed by atoms with van der Waals surface area (Å²) in [5.41, 5.74) is 0.0682. The first-order valence-corrected chi connectivity index (χ1v) is 14.0. The van der Waals surface area contributed by atoms with E-state index in [1.165, 1.54) is 29.5 Å². The molecule has 4 heterocycles. The Morgan fingerprint density at radius 2 is 1.30 bits per heavy atom. The van der Waals surface area contributed by atoms with E-state index in [-0.39, 0.29) is 23.1 Å². The highest BCUT2D eigenvalue weighted by atomic mass is 16.3. The van der Waals surface area contributed by atoms with Gasteiger partial charge >= 0.3 is 0 Å². The minimum atomic E-state index is -0.225. The lowest BCUT2D eigenvalue weighted by atomic mass is 9.84. The van der Waals surface area contributed by atoms with Crippen LogP contribution in [-0.2, 0) is 5.41 Å². The smallest absolute Gasteiger partial charge is 0.244 e. The summed E-state index contributed by atoms with van der Waals surface area (Å²) < 4.78 is 1.27. The molecule has 10 heteroatoms. The molecule has 0 aromatic carbocycles. The Balaban J connectivity index is 1.47. The molecular weight excluding hydrogens is 468 g/mol. The Kier molecular flexibility index (Phi) is 8.30. The van der Waals surface area contributed by atoms with E-state index >= 15 is 0 Å². The summed E-state index contributed by atoms with van der Waals surface area (Å²) in [4.78, 5) is 24.1. The Morgan fingerprint density at radius 1 is 0.730 bits per heavy atom. The van der Waals surface area contributed by atoms with Gasteiger partial charge in [0.25, 0.3) is 0 Å². The number of hydrogen-bond donors (Lipinski definition) is 2. The fraction of sp³-hybridized carbons (Fsp3) is 0.741. The van der Waals surface area contributed by atoms with Crippen molar-refractivity contribution in [1.29, 1.82) is 0 Å². The van der Waals surface area contributed by atoms with Crippen molar-refractivity contribution in [3.63, 3.8) is 0 Å². The second-order valence-electron chi connectivity index (χ2n) is 11.2. The fourth-order valence-corrected chi connectivity index (χ4v) is 5.29. The molecule has 2 saturated heterocycles. The lowest BCUT2D eigenvalue weighted by Gasteiger charge is -2.37. The van der Waals surface area contributed by atoms with Gasteiger partial charge in [-0.1, -0.05) is 34.6 Å². The fourth-order valence-electron chi connectivity index (χ4n) is 5.29. The van der Waals surface area contributed by atoms with Gasteiger partial charge in [-0.3, -0.25) is 14.7 Å². The van der Waals surface area contributed by atoms with Crippen molar-refractivity contribution < 1.29 is 10.2 Å². The van der Waals surface area contributed by atoms with Gasteiger partial charge in [-0.25, -0.2) is 4.57 Å². The molecule has 2 aliphatic rings. The van der Waals surface area contributed by atoms with Crippen molar-refractivity contribution in [3.8, 4) is 17.7 Å². The number of anilines is 1. The van der Waals surface area contributed by atoms with Gasteiger partial charge in [0.2, 0.25) is 23.7 Å². The van der Waals surface area contributed by atoms with Gasteiger partial charge in [-0.05, 0) is 32.6 Å². The lowest BCUT2D eigenvalue weighted by molar-refractivity contribution is 0.0978. The summed E-state index contributed by atoms with van der Waals surface area (Å²) >= 11 is 0. The molecule has 0 unspecified atom stereocenters. The highest BCUT2D eigenvalue weighted by Crippen LogP contribution is 2.32. The summed E-state index contributed by atoms with van der Waals surface area (Å²) in [7, 11) is 0. The molecule has 0 saturated carbocycles. The van der Waals surface area contributed by atoms with Crippen LogP contribution in [0.1, 0.15) is 73.1 Å². The maximum atomic E-state index is 10.3. The average Bonchev–Trinajstić information content (AvgIpc) is 3.66. The molecule has 2 fully saturated rings. The quantitative estimate of drug-likeness (QED) is 0.468. The Morgan fingerprint density at radius 3 is 1.89 bits per heavy atom. The van der Waals surface area contributed by atoms with Gasteiger partial charge < -0.3 is 15.1 Å². The molecule has 0 aliphatic carbocycles. The molecular formula is C27H46N8O2. The van der Waals surface area contributed by atoms with Crippen LogP contribution >= 0.6 is 0 Å². The van der Waals surface area contributed by atoms with Crippen LogP contribution in [0.2, 0.25) is 0 Å². The number of hydrogen-bond acceptors (Lipinski definition) is 9. The summed E-state index contributed by atoms with van der Waals surface area (Å²) in [5.74, 6) is 1.34. The van der Waals surface area contributed by atoms with E-state index in [9.17, 15) is 10.2 Å². The van der Waals surface area contributed by atoms with E-state index in [0.29, 0.717) is 17.3 Å². The highest BCUT2D eigenvalue weighted by Gasteiger charge is 2.34. The van der Waals surface area contributed by atoms with Crippen LogP contribution in [0.4, 0.5) is 5.95 Å². The van der Waals surface area contributed by atoms with Gasteiger partial charge in [0.05, 0.1) is 13.3 Å². The largest absolute Gasteiger partial charge is 0.494 e. The van der Waals surface area contributed by atoms with Crippen molar-refractivity contribution >= 4 is 5.95 Å². The highest BCUT2D eigenvalue weighted by molar-refractivity contribution is 5.40. The van der Waals surface area contributed by atoms with E-state index in [1.807, 2.05) is 0 Å². The van der Waals surface area contributed by atoms with Crippen LogP contribution in [0, 0.1) is 0 Å². The van der Waals surface area contributed by atoms with Crippen molar-refractivity contribution in [2.24, 2.45) is 0 Å². The SMILES string of the molecule is CCC(C)(CC)c1nc(N2CCN(CCN3CCN(C(C)(CC)CC)C3)C2)nc(-n2c(O)ccc2O)n1. The number of aromatic hydroxyl groups is 2. The van der Waals surface area contributed by atoms with Crippen molar-refractivity contribution in [1.82, 2.24) is 34.2 Å². The predicted molar refractivity (Wildman–Crippen MR) is 146 cm³/mol. The molecule has 2 aromatic rings. The maximum absolute atomic E-state index is 10.3. The second-order valence-corrected chi connectivity index (χ2v) is 11.2. The van der Waals surface area contributed by atoms with E-state index in [0.717, 1.165) is 65.4 Å². The average molecular weight is 515 g/mol. The summed E-state index contributed by atoms with van der Waals surface area (Å²) in [6, 6.07) is 2.88. The predicted octanol–water partition coefficient (Wildman–Crippen LogP) is 3.38. The molecule has 0 amide bonds. The summed E-state index contributed by atoms with van der Waals surface area (Å²) in [6.07, 6.45) is 4.12. The second kappa shape index (κ2) is 11.1. The topological polar surface area (TPSA) is 97.0 Å². The zero-order valence-corrected chi connectivity index (χ0v) is 23.6. The molecule has 0 atom stereocenters. The molecule has 2 aromatic heterocycles. The minimum Gasteiger partial charge on any atom is -0.494 e. The van der Waals surface area contributed by atoms with Crippen LogP contribution in [0.25, 0.3) is 5.95 Å². The molecule has 206 valence electrons. The van der Waals surface area contributed by atoms with Gasteiger partial charge in [-0.15, -0.1) is 0 Å². The van der Waals surface area contributed by atoms with E-state index in [1.54, 1.807) is 0 Å². The third-order valence-electron chi connectivity index (χ3n) is 9.17. The standard InChI is InChI=1S/C27H46N8O2/c1-7-26(5,8-2)23-28-24(30-25(29-23)35-21(36)11-12-22(35)37)33-17-15-31(19-33)13-14-32-16-18-34(20-32)27(6,9-3)10-4/h11-12,36-37H,7-10,13-20H2,1-6H3. The van der Waals surface area contributed by atoms with Crippen LogP contribution in [0.15, 0.2) is 12.1 Å². The summed E-state index contributed by atoms with van der Waals surface area (Å²) in [5, 5.41) is 20.7. The maximum Gasteiger partial charge on any atom is 0.244 e. The van der Waals surface area contributed by atoms with Crippen LogP contribution < -0.4 is 4.90 Å².